The summed E-state index contributed by atoms with van der Waals surface area (Å²) >= 11 is 0. The van der Waals surface area contributed by atoms with Gasteiger partial charge in [-0.3, -0.25) is 0 Å². The first kappa shape index (κ1) is 24.3. The van der Waals surface area contributed by atoms with Gasteiger partial charge in [-0.1, -0.05) is 54.6 Å². The van der Waals surface area contributed by atoms with Gasteiger partial charge in [0.15, 0.2) is 0 Å². The third-order valence-corrected chi connectivity index (χ3v) is 6.24. The van der Waals surface area contributed by atoms with E-state index >= 15 is 0 Å². The monoisotopic (exact) mass is 476 g/mol. The molecular formula is C27H28N2O6. The van der Waals surface area contributed by atoms with Crippen LogP contribution >= 0.6 is 0 Å². The van der Waals surface area contributed by atoms with Gasteiger partial charge in [0.1, 0.15) is 12.7 Å². The van der Waals surface area contributed by atoms with E-state index in [4.69, 9.17) is 10.5 Å². The molecule has 1 amide bonds. The van der Waals surface area contributed by atoms with Crippen molar-refractivity contribution >= 4 is 17.7 Å². The standard InChI is InChI=1S/C27H28N2O6/c1-34-26(32)21-14-16(10-11-23(21)28)25(31)24(30)12-13-29-27(33)35-15-22-19-8-4-2-6-17(19)18-7-3-5-9-20(18)22/h2-11,14,22,24-25,30-31H,12-13,15,28H2,1H3,(H,29,33). The Balaban J connectivity index is 1.29. The van der Waals surface area contributed by atoms with Gasteiger partial charge in [-0.25, -0.2) is 9.59 Å². The van der Waals surface area contributed by atoms with Crippen molar-refractivity contribution < 1.29 is 29.3 Å². The first-order valence-electron chi connectivity index (χ1n) is 11.3. The lowest BCUT2D eigenvalue weighted by molar-refractivity contribution is 0.0136. The number of nitrogen functional groups attached to an aromatic ring is 1. The number of methoxy groups -OCH3 is 1. The summed E-state index contributed by atoms with van der Waals surface area (Å²) in [5, 5.41) is 23.5. The highest BCUT2D eigenvalue weighted by molar-refractivity contribution is 5.95. The lowest BCUT2D eigenvalue weighted by Gasteiger charge is -2.19. The molecular weight excluding hydrogens is 448 g/mol. The number of aliphatic hydroxyl groups excluding tert-OH is 2. The zero-order valence-corrected chi connectivity index (χ0v) is 19.3. The molecule has 4 rings (SSSR count). The molecule has 0 saturated heterocycles. The predicted molar refractivity (Wildman–Crippen MR) is 131 cm³/mol. The van der Waals surface area contributed by atoms with E-state index in [0.717, 1.165) is 22.3 Å². The summed E-state index contributed by atoms with van der Waals surface area (Å²) in [6.45, 7) is 0.278. The summed E-state index contributed by atoms with van der Waals surface area (Å²) in [5.74, 6) is -0.682. The second-order valence-electron chi connectivity index (χ2n) is 8.39. The molecule has 3 aromatic rings. The second kappa shape index (κ2) is 10.6. The third-order valence-electron chi connectivity index (χ3n) is 6.24. The Hall–Kier alpha value is -3.88. The van der Waals surface area contributed by atoms with E-state index in [1.165, 1.54) is 25.3 Å². The lowest BCUT2D eigenvalue weighted by Crippen LogP contribution is -2.30. The van der Waals surface area contributed by atoms with Crippen molar-refractivity contribution in [3.63, 3.8) is 0 Å². The molecule has 8 heteroatoms. The van der Waals surface area contributed by atoms with Crippen LogP contribution in [0, 0.1) is 0 Å². The van der Waals surface area contributed by atoms with Crippen molar-refractivity contribution in [1.29, 1.82) is 0 Å². The van der Waals surface area contributed by atoms with Gasteiger partial charge >= 0.3 is 12.1 Å². The van der Waals surface area contributed by atoms with Gasteiger partial charge in [0, 0.05) is 18.2 Å². The number of ether oxygens (including phenoxy) is 2. The number of nitrogens with two attached hydrogens (primary N) is 1. The quantitative estimate of drug-likeness (QED) is 0.290. The summed E-state index contributed by atoms with van der Waals surface area (Å²) in [4.78, 5) is 24.1. The van der Waals surface area contributed by atoms with Gasteiger partial charge in [0.2, 0.25) is 0 Å². The number of esters is 1. The van der Waals surface area contributed by atoms with Crippen molar-refractivity contribution in [2.75, 3.05) is 26.0 Å². The molecule has 2 atom stereocenters. The van der Waals surface area contributed by atoms with E-state index < -0.39 is 24.3 Å². The Labute approximate surface area is 203 Å². The van der Waals surface area contributed by atoms with Crippen LogP contribution in [0.2, 0.25) is 0 Å². The largest absolute Gasteiger partial charge is 0.465 e. The van der Waals surface area contributed by atoms with E-state index in [0.29, 0.717) is 5.56 Å². The molecule has 0 fully saturated rings. The number of alkyl carbamates (subject to hydrolysis) is 1. The molecule has 0 aliphatic heterocycles. The molecule has 182 valence electrons. The maximum atomic E-state index is 12.3. The van der Waals surface area contributed by atoms with Gasteiger partial charge < -0.3 is 30.7 Å². The molecule has 0 heterocycles. The maximum Gasteiger partial charge on any atom is 0.407 e. The average Bonchev–Trinajstić information content (AvgIpc) is 3.20. The molecule has 8 nitrogen and oxygen atoms in total. The molecule has 35 heavy (non-hydrogen) atoms. The van der Waals surface area contributed by atoms with Crippen LogP contribution in [0.15, 0.2) is 66.7 Å². The van der Waals surface area contributed by atoms with Gasteiger partial charge in [0.05, 0.1) is 18.8 Å². The minimum Gasteiger partial charge on any atom is -0.465 e. The number of amides is 1. The zero-order valence-electron chi connectivity index (χ0n) is 19.3. The van der Waals surface area contributed by atoms with Crippen molar-refractivity contribution in [3.8, 4) is 11.1 Å². The summed E-state index contributed by atoms with van der Waals surface area (Å²) in [5.41, 5.74) is 10.9. The minimum absolute atomic E-state index is 0.0462. The van der Waals surface area contributed by atoms with Gasteiger partial charge in [-0.2, -0.15) is 0 Å². The van der Waals surface area contributed by atoms with Crippen molar-refractivity contribution in [3.05, 3.63) is 89.0 Å². The molecule has 1 aliphatic rings. The smallest absolute Gasteiger partial charge is 0.407 e. The fraction of sp³-hybridized carbons (Fsp3) is 0.259. The first-order valence-corrected chi connectivity index (χ1v) is 11.3. The van der Waals surface area contributed by atoms with Crippen LogP contribution in [-0.4, -0.2) is 48.6 Å². The number of nitrogens with one attached hydrogen (secondary N) is 1. The number of fused-ring (bicyclic) bond motifs is 3. The van der Waals surface area contributed by atoms with E-state index in [1.807, 2.05) is 36.4 Å². The average molecular weight is 477 g/mol. The van der Waals surface area contributed by atoms with Crippen LogP contribution in [0.3, 0.4) is 0 Å². The lowest BCUT2D eigenvalue weighted by atomic mass is 9.98. The highest BCUT2D eigenvalue weighted by Gasteiger charge is 2.29. The van der Waals surface area contributed by atoms with Gasteiger partial charge in [0.25, 0.3) is 0 Å². The van der Waals surface area contributed by atoms with E-state index in [2.05, 4.69) is 22.2 Å². The zero-order chi connectivity index (χ0) is 24.9. The predicted octanol–water partition coefficient (Wildman–Crippen LogP) is 3.38. The highest BCUT2D eigenvalue weighted by Crippen LogP contribution is 2.44. The maximum absolute atomic E-state index is 12.3. The van der Waals surface area contributed by atoms with E-state index in [1.54, 1.807) is 0 Å². The molecule has 0 saturated carbocycles. The summed E-state index contributed by atoms with van der Waals surface area (Å²) in [6, 6.07) is 20.5. The number of benzene rings is 3. The molecule has 1 aliphatic carbocycles. The molecule has 0 spiro atoms. The third kappa shape index (κ3) is 5.13. The Morgan fingerprint density at radius 1 is 1.00 bits per heavy atom. The first-order chi connectivity index (χ1) is 16.9. The van der Waals surface area contributed by atoms with Gasteiger partial charge in [-0.05, 0) is 46.4 Å². The molecule has 0 bridgehead atoms. The SMILES string of the molecule is COC(=O)c1cc(C(O)C(O)CCNC(=O)OCC2c3ccccc3-c3ccccc32)ccc1N. The number of anilines is 1. The molecule has 2 unspecified atom stereocenters. The van der Waals surface area contributed by atoms with Crippen LogP contribution in [0.1, 0.15) is 45.5 Å². The van der Waals surface area contributed by atoms with Crippen LogP contribution < -0.4 is 11.1 Å². The highest BCUT2D eigenvalue weighted by atomic mass is 16.5. The number of aliphatic hydroxyl groups is 2. The number of carbonyl (C=O) groups is 2. The molecule has 3 aromatic carbocycles. The van der Waals surface area contributed by atoms with Crippen molar-refractivity contribution in [2.24, 2.45) is 0 Å². The number of hydrogen-bond acceptors (Lipinski definition) is 7. The van der Waals surface area contributed by atoms with Gasteiger partial charge in [-0.15, -0.1) is 0 Å². The fourth-order valence-corrected chi connectivity index (χ4v) is 4.40. The van der Waals surface area contributed by atoms with Crippen LogP contribution in [0.4, 0.5) is 10.5 Å². The van der Waals surface area contributed by atoms with Crippen LogP contribution in [0.5, 0.6) is 0 Å². The minimum atomic E-state index is -1.27. The van der Waals surface area contributed by atoms with Crippen LogP contribution in [-0.2, 0) is 9.47 Å². The number of hydrogen-bond donors (Lipinski definition) is 4. The Kier molecular flexibility index (Phi) is 7.33. The summed E-state index contributed by atoms with van der Waals surface area (Å²) in [6.07, 6.45) is -2.99. The Morgan fingerprint density at radius 3 is 2.26 bits per heavy atom. The van der Waals surface area contributed by atoms with E-state index in [9.17, 15) is 19.8 Å². The second-order valence-corrected chi connectivity index (χ2v) is 8.39. The summed E-state index contributed by atoms with van der Waals surface area (Å²) in [7, 11) is 1.23. The van der Waals surface area contributed by atoms with Crippen molar-refractivity contribution in [2.45, 2.75) is 24.5 Å². The van der Waals surface area contributed by atoms with E-state index in [-0.39, 0.29) is 36.7 Å². The van der Waals surface area contributed by atoms with Crippen molar-refractivity contribution in [1.82, 2.24) is 5.32 Å². The molecule has 0 aromatic heterocycles. The normalized spacial score (nSPS) is 13.9. The Morgan fingerprint density at radius 2 is 1.63 bits per heavy atom. The Bertz CT molecular complexity index is 1180. The summed E-state index contributed by atoms with van der Waals surface area (Å²) < 4.78 is 10.2. The number of rotatable bonds is 8. The van der Waals surface area contributed by atoms with Crippen LogP contribution in [0.25, 0.3) is 11.1 Å². The fourth-order valence-electron chi connectivity index (χ4n) is 4.40. The molecule has 5 N–H and O–H groups in total. The number of carbonyl (C=O) groups excluding carboxylic acids is 2. The topological polar surface area (TPSA) is 131 Å². The molecule has 0 radical (unpaired) electrons.